The Bertz CT molecular complexity index is 697. The Hall–Kier alpha value is -1.77. The number of nitrogens with one attached hydrogen (secondary N) is 1. The molecule has 1 aromatic rings. The fourth-order valence-corrected chi connectivity index (χ4v) is 4.65. The molecule has 3 nitrogen and oxygen atoms in total. The van der Waals surface area contributed by atoms with Gasteiger partial charge in [-0.05, 0) is 60.6 Å². The van der Waals surface area contributed by atoms with E-state index in [0.717, 1.165) is 23.4 Å². The number of carbonyl (C=O) groups is 1. The smallest absolute Gasteiger partial charge is 0.161 e. The minimum Gasteiger partial charge on any atom is -0.497 e. The van der Waals surface area contributed by atoms with Crippen LogP contribution in [0.25, 0.3) is 0 Å². The molecule has 0 aliphatic heterocycles. The summed E-state index contributed by atoms with van der Waals surface area (Å²) in [6.07, 6.45) is 3.26. The molecule has 128 valence electrons. The van der Waals surface area contributed by atoms with Gasteiger partial charge in [0.2, 0.25) is 0 Å². The van der Waals surface area contributed by atoms with E-state index in [1.165, 1.54) is 18.4 Å². The van der Waals surface area contributed by atoms with E-state index >= 15 is 0 Å². The summed E-state index contributed by atoms with van der Waals surface area (Å²) < 4.78 is 5.27. The van der Waals surface area contributed by atoms with Crippen molar-refractivity contribution in [3.8, 4) is 5.75 Å². The van der Waals surface area contributed by atoms with Crippen molar-refractivity contribution in [3.63, 3.8) is 0 Å². The van der Waals surface area contributed by atoms with Crippen molar-refractivity contribution >= 4 is 5.78 Å². The largest absolute Gasteiger partial charge is 0.497 e. The second-order valence-corrected chi connectivity index (χ2v) is 8.30. The van der Waals surface area contributed by atoms with Crippen LogP contribution in [0.5, 0.6) is 5.75 Å². The van der Waals surface area contributed by atoms with Crippen LogP contribution in [-0.4, -0.2) is 12.9 Å². The van der Waals surface area contributed by atoms with Gasteiger partial charge in [0.1, 0.15) is 5.75 Å². The third-order valence-corrected chi connectivity index (χ3v) is 6.41. The Morgan fingerprint density at radius 3 is 2.46 bits per heavy atom. The standard InChI is InChI=1S/C21H27NO2/c1-12(18-17(23)11-16-19(18)21(16,2)3)22-20(13-5-6-13)14-7-9-15(24-4)10-8-14/h7-10,13,16,19-20,22H,5-6,11H2,1-4H3/b18-12+/t16-,19-,20-/m1/s1. The van der Waals surface area contributed by atoms with Crippen LogP contribution in [0.1, 0.15) is 51.6 Å². The molecule has 3 atom stereocenters. The molecule has 0 amide bonds. The predicted octanol–water partition coefficient (Wildman–Crippen LogP) is 4.25. The summed E-state index contributed by atoms with van der Waals surface area (Å²) in [6, 6.07) is 8.64. The Balaban J connectivity index is 1.59. The maximum atomic E-state index is 12.4. The number of hydrogen-bond donors (Lipinski definition) is 1. The lowest BCUT2D eigenvalue weighted by molar-refractivity contribution is -0.115. The van der Waals surface area contributed by atoms with Gasteiger partial charge in [0.25, 0.3) is 0 Å². The molecule has 0 aromatic heterocycles. The molecule has 1 N–H and O–H groups in total. The molecule has 1 aromatic carbocycles. The van der Waals surface area contributed by atoms with Crippen LogP contribution in [0.4, 0.5) is 0 Å². The highest BCUT2D eigenvalue weighted by Crippen LogP contribution is 2.68. The molecule has 3 aliphatic carbocycles. The van der Waals surface area contributed by atoms with E-state index in [4.69, 9.17) is 4.74 Å². The van der Waals surface area contributed by atoms with Crippen LogP contribution in [0.3, 0.4) is 0 Å². The van der Waals surface area contributed by atoms with E-state index in [-0.39, 0.29) is 0 Å². The third-order valence-electron chi connectivity index (χ3n) is 6.41. The fourth-order valence-electron chi connectivity index (χ4n) is 4.65. The molecule has 0 heterocycles. The molecule has 4 rings (SSSR count). The highest BCUT2D eigenvalue weighted by molar-refractivity contribution is 6.01. The number of carbonyl (C=O) groups excluding carboxylic acids is 1. The van der Waals surface area contributed by atoms with Gasteiger partial charge in [-0.3, -0.25) is 4.79 Å². The van der Waals surface area contributed by atoms with Gasteiger partial charge in [-0.1, -0.05) is 26.0 Å². The minimum atomic E-state index is 0.303. The van der Waals surface area contributed by atoms with Crippen molar-refractivity contribution in [3.05, 3.63) is 41.1 Å². The van der Waals surface area contributed by atoms with E-state index in [1.54, 1.807) is 7.11 Å². The van der Waals surface area contributed by atoms with Crippen LogP contribution in [-0.2, 0) is 4.79 Å². The molecular formula is C21H27NO2. The number of rotatable bonds is 5. The highest BCUT2D eigenvalue weighted by Gasteiger charge is 2.65. The maximum absolute atomic E-state index is 12.4. The minimum absolute atomic E-state index is 0.303. The Morgan fingerprint density at radius 2 is 1.92 bits per heavy atom. The zero-order chi connectivity index (χ0) is 17.1. The summed E-state index contributed by atoms with van der Waals surface area (Å²) in [5.41, 5.74) is 3.77. The van der Waals surface area contributed by atoms with Gasteiger partial charge in [0, 0.05) is 17.7 Å². The number of hydrogen-bond acceptors (Lipinski definition) is 3. The van der Waals surface area contributed by atoms with E-state index in [2.05, 4.69) is 38.2 Å². The van der Waals surface area contributed by atoms with Gasteiger partial charge >= 0.3 is 0 Å². The van der Waals surface area contributed by atoms with Crippen molar-refractivity contribution in [2.75, 3.05) is 7.11 Å². The zero-order valence-corrected chi connectivity index (χ0v) is 15.1. The first kappa shape index (κ1) is 15.7. The number of ether oxygens (including phenoxy) is 1. The summed E-state index contributed by atoms with van der Waals surface area (Å²) in [4.78, 5) is 12.4. The van der Waals surface area contributed by atoms with Crippen LogP contribution in [0.15, 0.2) is 35.5 Å². The lowest BCUT2D eigenvalue weighted by Gasteiger charge is -2.23. The number of allylic oxidation sites excluding steroid dienone is 2. The number of ketones is 1. The summed E-state index contributed by atoms with van der Waals surface area (Å²) in [7, 11) is 1.69. The first-order valence-electron chi connectivity index (χ1n) is 9.08. The maximum Gasteiger partial charge on any atom is 0.161 e. The van der Waals surface area contributed by atoms with Gasteiger partial charge in [-0.15, -0.1) is 0 Å². The summed E-state index contributed by atoms with van der Waals surface area (Å²) in [5.74, 6) is 2.95. The molecule has 0 unspecified atom stereocenters. The Kier molecular flexibility index (Phi) is 3.52. The van der Waals surface area contributed by atoms with Gasteiger partial charge in [-0.2, -0.15) is 0 Å². The Morgan fingerprint density at radius 1 is 1.25 bits per heavy atom. The third kappa shape index (κ3) is 2.45. The van der Waals surface area contributed by atoms with Crippen LogP contribution >= 0.6 is 0 Å². The van der Waals surface area contributed by atoms with Crippen LogP contribution in [0, 0.1) is 23.2 Å². The van der Waals surface area contributed by atoms with Crippen LogP contribution in [0.2, 0.25) is 0 Å². The predicted molar refractivity (Wildman–Crippen MR) is 94.7 cm³/mol. The van der Waals surface area contributed by atoms with Gasteiger partial charge in [0.15, 0.2) is 5.78 Å². The second kappa shape index (κ2) is 5.37. The molecular weight excluding hydrogens is 298 g/mol. The van der Waals surface area contributed by atoms with Crippen molar-refractivity contribution in [2.24, 2.45) is 23.2 Å². The van der Waals surface area contributed by atoms with Crippen LogP contribution < -0.4 is 10.1 Å². The average Bonchev–Trinajstić information content (AvgIpc) is 3.44. The summed E-state index contributed by atoms with van der Waals surface area (Å²) in [5, 5.41) is 3.72. The van der Waals surface area contributed by atoms with Gasteiger partial charge < -0.3 is 10.1 Å². The molecule has 3 heteroatoms. The quantitative estimate of drug-likeness (QED) is 0.822. The van der Waals surface area contributed by atoms with E-state index in [1.807, 2.05) is 12.1 Å². The van der Waals surface area contributed by atoms with Gasteiger partial charge in [-0.25, -0.2) is 0 Å². The van der Waals surface area contributed by atoms with Gasteiger partial charge in [0.05, 0.1) is 13.2 Å². The van der Waals surface area contributed by atoms with Crippen molar-refractivity contribution < 1.29 is 9.53 Å². The molecule has 3 aliphatic rings. The first-order chi connectivity index (χ1) is 11.4. The molecule has 0 radical (unpaired) electrons. The average molecular weight is 325 g/mol. The van der Waals surface area contributed by atoms with Crippen molar-refractivity contribution in [1.29, 1.82) is 0 Å². The normalized spacial score (nSPS) is 30.6. The van der Waals surface area contributed by atoms with Crippen molar-refractivity contribution in [2.45, 2.75) is 46.1 Å². The van der Waals surface area contributed by atoms with Crippen molar-refractivity contribution in [1.82, 2.24) is 5.32 Å². The fraction of sp³-hybridized carbons (Fsp3) is 0.571. The number of Topliss-reactive ketones (excluding diaryl/α,β-unsaturated/α-hetero) is 1. The summed E-state index contributed by atoms with van der Waals surface area (Å²) >= 11 is 0. The van der Waals surface area contributed by atoms with E-state index in [9.17, 15) is 4.79 Å². The zero-order valence-electron chi connectivity index (χ0n) is 15.1. The molecule has 24 heavy (non-hydrogen) atoms. The first-order valence-corrected chi connectivity index (χ1v) is 9.08. The molecule has 3 saturated carbocycles. The molecule has 0 saturated heterocycles. The number of fused-ring (bicyclic) bond motifs is 1. The number of methoxy groups -OCH3 is 1. The SMILES string of the molecule is COc1ccc([C@H](N/C(C)=C2\C(=O)C[C@@H]3[C@H]2C3(C)C)C2CC2)cc1. The van der Waals surface area contributed by atoms with E-state index < -0.39 is 0 Å². The molecule has 3 fully saturated rings. The highest BCUT2D eigenvalue weighted by atomic mass is 16.5. The monoisotopic (exact) mass is 325 g/mol. The molecule has 0 bridgehead atoms. The lowest BCUT2D eigenvalue weighted by Crippen LogP contribution is -2.24. The molecule has 0 spiro atoms. The topological polar surface area (TPSA) is 38.3 Å². The second-order valence-electron chi connectivity index (χ2n) is 8.30. The Labute approximate surface area is 144 Å². The number of benzene rings is 1. The summed E-state index contributed by atoms with van der Waals surface area (Å²) in [6.45, 7) is 6.69. The van der Waals surface area contributed by atoms with E-state index in [0.29, 0.717) is 35.0 Å². The lowest BCUT2D eigenvalue weighted by atomic mass is 9.94.